The summed E-state index contributed by atoms with van der Waals surface area (Å²) in [5.74, 6) is 1.61. The molecular weight excluding hydrogens is 385 g/mol. The number of hydrogen-bond donors (Lipinski definition) is 1. The molecule has 7 nitrogen and oxygen atoms in total. The minimum Gasteiger partial charge on any atom is -0.489 e. The molecular formula is C22H28FN5O2. The molecule has 0 bridgehead atoms. The minimum absolute atomic E-state index is 0.190. The number of nitrogens with zero attached hydrogens (tertiary/aromatic N) is 4. The predicted molar refractivity (Wildman–Crippen MR) is 115 cm³/mol. The Hall–Kier alpha value is -2.87. The third kappa shape index (κ3) is 4.05. The summed E-state index contributed by atoms with van der Waals surface area (Å²) in [4.78, 5) is 16.5. The van der Waals surface area contributed by atoms with E-state index in [9.17, 15) is 4.39 Å². The summed E-state index contributed by atoms with van der Waals surface area (Å²) in [6.07, 6.45) is 5.46. The fourth-order valence-corrected chi connectivity index (χ4v) is 4.25. The van der Waals surface area contributed by atoms with Crippen LogP contribution in [0.25, 0.3) is 10.9 Å². The molecule has 0 amide bonds. The molecule has 0 radical (unpaired) electrons. The molecule has 1 fully saturated rings. The molecule has 8 heteroatoms. The number of fused-ring (bicyclic) bond motifs is 1. The molecule has 3 heterocycles. The van der Waals surface area contributed by atoms with Crippen LogP contribution in [0.1, 0.15) is 18.9 Å². The number of hydrogen-bond acceptors (Lipinski definition) is 6. The monoisotopic (exact) mass is 413 g/mol. The molecule has 2 aromatic heterocycles. The topological polar surface area (TPSA) is 66.5 Å². The molecule has 1 saturated heterocycles. The van der Waals surface area contributed by atoms with E-state index in [1.807, 2.05) is 6.20 Å². The Balaban J connectivity index is 1.35. The van der Waals surface area contributed by atoms with Crippen LogP contribution < -0.4 is 14.4 Å². The highest BCUT2D eigenvalue weighted by Gasteiger charge is 2.27. The lowest BCUT2D eigenvalue weighted by molar-refractivity contribution is 0.186. The van der Waals surface area contributed by atoms with Crippen molar-refractivity contribution in [1.29, 1.82) is 0 Å². The number of ether oxygens (including phenoxy) is 2. The third-order valence-electron chi connectivity index (χ3n) is 5.84. The molecule has 1 unspecified atom stereocenters. The molecule has 3 aromatic rings. The first kappa shape index (κ1) is 20.4. The van der Waals surface area contributed by atoms with Crippen molar-refractivity contribution in [3.05, 3.63) is 42.1 Å². The number of aromatic nitrogens is 3. The lowest BCUT2D eigenvalue weighted by Gasteiger charge is -2.40. The maximum absolute atomic E-state index is 13.6. The van der Waals surface area contributed by atoms with Crippen molar-refractivity contribution >= 4 is 16.7 Å². The number of piperazine rings is 1. The Morgan fingerprint density at radius 2 is 2.07 bits per heavy atom. The van der Waals surface area contributed by atoms with E-state index in [0.29, 0.717) is 17.7 Å². The van der Waals surface area contributed by atoms with Gasteiger partial charge in [-0.3, -0.25) is 4.90 Å². The Morgan fingerprint density at radius 1 is 1.20 bits per heavy atom. The Bertz CT molecular complexity index is 1010. The molecule has 1 aromatic carbocycles. The molecule has 160 valence electrons. The van der Waals surface area contributed by atoms with Crippen LogP contribution >= 0.6 is 0 Å². The van der Waals surface area contributed by atoms with Gasteiger partial charge in [-0.15, -0.1) is 0 Å². The van der Waals surface area contributed by atoms with Gasteiger partial charge in [0.25, 0.3) is 5.88 Å². The Labute approximate surface area is 175 Å². The molecule has 30 heavy (non-hydrogen) atoms. The van der Waals surface area contributed by atoms with Gasteiger partial charge >= 0.3 is 0 Å². The maximum Gasteiger partial charge on any atom is 0.262 e. The van der Waals surface area contributed by atoms with Crippen LogP contribution in [0, 0.1) is 5.82 Å². The zero-order chi connectivity index (χ0) is 21.1. The van der Waals surface area contributed by atoms with Crippen LogP contribution in [-0.2, 0) is 6.42 Å². The van der Waals surface area contributed by atoms with Gasteiger partial charge in [0.15, 0.2) is 5.82 Å². The van der Waals surface area contributed by atoms with Gasteiger partial charge in [0, 0.05) is 42.8 Å². The van der Waals surface area contributed by atoms with Crippen LogP contribution in [0.4, 0.5) is 10.2 Å². The number of aromatic amines is 1. The molecule has 1 aliphatic heterocycles. The van der Waals surface area contributed by atoms with E-state index in [1.54, 1.807) is 26.4 Å². The van der Waals surface area contributed by atoms with Crippen LogP contribution in [0.3, 0.4) is 0 Å². The normalized spacial score (nSPS) is 17.5. The van der Waals surface area contributed by atoms with Crippen molar-refractivity contribution in [2.24, 2.45) is 0 Å². The van der Waals surface area contributed by atoms with Gasteiger partial charge in [-0.2, -0.15) is 4.98 Å². The lowest BCUT2D eigenvalue weighted by atomic mass is 10.1. The molecule has 1 atom stereocenters. The second-order valence-electron chi connectivity index (χ2n) is 7.68. The van der Waals surface area contributed by atoms with E-state index < -0.39 is 0 Å². The first-order valence-corrected chi connectivity index (χ1v) is 10.3. The Morgan fingerprint density at radius 3 is 2.83 bits per heavy atom. The van der Waals surface area contributed by atoms with Crippen molar-refractivity contribution in [2.45, 2.75) is 25.8 Å². The van der Waals surface area contributed by atoms with Crippen LogP contribution in [0.2, 0.25) is 0 Å². The molecule has 1 N–H and O–H groups in total. The van der Waals surface area contributed by atoms with Gasteiger partial charge < -0.3 is 19.4 Å². The van der Waals surface area contributed by atoms with Crippen molar-refractivity contribution in [1.82, 2.24) is 19.9 Å². The highest BCUT2D eigenvalue weighted by atomic mass is 19.1. The van der Waals surface area contributed by atoms with E-state index in [2.05, 4.69) is 31.7 Å². The highest BCUT2D eigenvalue weighted by molar-refractivity contribution is 5.83. The highest BCUT2D eigenvalue weighted by Crippen LogP contribution is 2.34. The first-order valence-electron chi connectivity index (χ1n) is 10.3. The van der Waals surface area contributed by atoms with E-state index in [4.69, 9.17) is 9.47 Å². The van der Waals surface area contributed by atoms with Crippen molar-refractivity contribution < 1.29 is 13.9 Å². The largest absolute Gasteiger partial charge is 0.489 e. The molecule has 1 aliphatic rings. The number of rotatable bonds is 7. The van der Waals surface area contributed by atoms with E-state index in [0.717, 1.165) is 55.7 Å². The number of halogens is 1. The Kier molecular flexibility index (Phi) is 6.03. The van der Waals surface area contributed by atoms with E-state index in [1.165, 1.54) is 18.0 Å². The van der Waals surface area contributed by atoms with Crippen LogP contribution in [0.5, 0.6) is 11.6 Å². The van der Waals surface area contributed by atoms with Gasteiger partial charge in [-0.05, 0) is 50.1 Å². The standard InChI is InChI=1S/C22H28FN5O2/c1-15-13-28(21-20(29-2)22(30-3)26-14-25-21)10-9-27(15)8-4-5-16-12-24-19-7-6-17(23)11-18(16)19/h6-7,11-12,14-15,24H,4-5,8-10,13H2,1-3H3. The number of nitrogens with one attached hydrogen (secondary N) is 1. The summed E-state index contributed by atoms with van der Waals surface area (Å²) >= 11 is 0. The number of methoxy groups -OCH3 is 2. The maximum atomic E-state index is 13.6. The van der Waals surface area contributed by atoms with Gasteiger partial charge in [-0.1, -0.05) is 0 Å². The second kappa shape index (κ2) is 8.87. The first-order chi connectivity index (χ1) is 14.6. The second-order valence-corrected chi connectivity index (χ2v) is 7.68. The summed E-state index contributed by atoms with van der Waals surface area (Å²) in [7, 11) is 3.19. The van der Waals surface area contributed by atoms with Crippen molar-refractivity contribution in [3.8, 4) is 11.6 Å². The minimum atomic E-state index is -0.190. The van der Waals surface area contributed by atoms with Gasteiger partial charge in [0.05, 0.1) is 14.2 Å². The van der Waals surface area contributed by atoms with Gasteiger partial charge in [0.1, 0.15) is 12.1 Å². The fraction of sp³-hybridized carbons (Fsp3) is 0.455. The van der Waals surface area contributed by atoms with Crippen LogP contribution in [-0.4, -0.2) is 66.3 Å². The van der Waals surface area contributed by atoms with Crippen molar-refractivity contribution in [3.63, 3.8) is 0 Å². The predicted octanol–water partition coefficient (Wildman–Crippen LogP) is 3.26. The zero-order valence-electron chi connectivity index (χ0n) is 17.7. The summed E-state index contributed by atoms with van der Waals surface area (Å²) in [5, 5.41) is 0.984. The molecule has 0 aliphatic carbocycles. The van der Waals surface area contributed by atoms with Crippen LogP contribution in [0.15, 0.2) is 30.7 Å². The third-order valence-corrected chi connectivity index (χ3v) is 5.84. The summed E-state index contributed by atoms with van der Waals surface area (Å²) < 4.78 is 24.4. The molecule has 0 spiro atoms. The van der Waals surface area contributed by atoms with E-state index in [-0.39, 0.29) is 5.82 Å². The number of H-pyrrole nitrogens is 1. The summed E-state index contributed by atoms with van der Waals surface area (Å²) in [6, 6.07) is 5.29. The quantitative estimate of drug-likeness (QED) is 0.641. The average Bonchev–Trinajstić information content (AvgIpc) is 3.16. The smallest absolute Gasteiger partial charge is 0.262 e. The summed E-state index contributed by atoms with van der Waals surface area (Å²) in [5.41, 5.74) is 2.16. The van der Waals surface area contributed by atoms with Gasteiger partial charge in [-0.25, -0.2) is 9.37 Å². The van der Waals surface area contributed by atoms with Crippen molar-refractivity contribution in [2.75, 3.05) is 45.3 Å². The fourth-order valence-electron chi connectivity index (χ4n) is 4.25. The number of aryl methyl sites for hydroxylation is 1. The average molecular weight is 413 g/mol. The summed E-state index contributed by atoms with van der Waals surface area (Å²) in [6.45, 7) is 5.90. The van der Waals surface area contributed by atoms with Gasteiger partial charge in [0.2, 0.25) is 5.75 Å². The molecule has 0 saturated carbocycles. The lowest BCUT2D eigenvalue weighted by Crippen LogP contribution is -2.52. The zero-order valence-corrected chi connectivity index (χ0v) is 17.7. The molecule has 4 rings (SSSR count). The number of anilines is 1. The number of benzene rings is 1. The van der Waals surface area contributed by atoms with E-state index >= 15 is 0 Å². The SMILES string of the molecule is COc1ncnc(N2CCN(CCCc3c[nH]c4ccc(F)cc34)C(C)C2)c1OC.